The molecule has 0 spiro atoms. The number of carbonyl (C=O) groups is 1. The van der Waals surface area contributed by atoms with E-state index in [4.69, 9.17) is 0 Å². The Kier molecular flexibility index (Phi) is 3.13. The van der Waals surface area contributed by atoms with E-state index in [0.29, 0.717) is 11.4 Å². The predicted molar refractivity (Wildman–Crippen MR) is 76.3 cm³/mol. The van der Waals surface area contributed by atoms with E-state index in [-0.39, 0.29) is 0 Å². The summed E-state index contributed by atoms with van der Waals surface area (Å²) in [5.74, 6) is 0.151. The van der Waals surface area contributed by atoms with Gasteiger partial charge in [-0.05, 0) is 16.8 Å². The first-order chi connectivity index (χ1) is 9.78. The molecule has 0 aliphatic carbocycles. The van der Waals surface area contributed by atoms with Crippen molar-refractivity contribution in [2.75, 3.05) is 7.11 Å². The lowest BCUT2D eigenvalue weighted by Crippen LogP contribution is -2.03. The Morgan fingerprint density at radius 2 is 1.70 bits per heavy atom. The average Bonchev–Trinajstić information content (AvgIpc) is 2.54. The van der Waals surface area contributed by atoms with Crippen LogP contribution in [0, 0.1) is 0 Å². The van der Waals surface area contributed by atoms with Crippen molar-refractivity contribution in [2.45, 2.75) is 0 Å². The van der Waals surface area contributed by atoms with Crippen molar-refractivity contribution >= 4 is 16.7 Å². The Labute approximate surface area is 116 Å². The van der Waals surface area contributed by atoms with Crippen molar-refractivity contribution in [1.82, 2.24) is 9.97 Å². The van der Waals surface area contributed by atoms with Crippen molar-refractivity contribution < 1.29 is 9.53 Å². The van der Waals surface area contributed by atoms with E-state index in [9.17, 15) is 4.79 Å². The normalized spacial score (nSPS) is 10.4. The Hall–Kier alpha value is -2.75. The molecule has 0 N–H and O–H groups in total. The zero-order valence-electron chi connectivity index (χ0n) is 10.9. The van der Waals surface area contributed by atoms with Crippen LogP contribution in [-0.2, 0) is 4.74 Å². The summed E-state index contributed by atoms with van der Waals surface area (Å²) >= 11 is 0. The standard InChI is InChI=1S/C16H12N2O2/c1-20-16(19)14-9-17-15(18-10-14)13-7-6-11-4-2-3-5-12(11)8-13/h2-10H,1H3. The number of esters is 1. The summed E-state index contributed by atoms with van der Waals surface area (Å²) in [6.07, 6.45) is 2.95. The molecule has 3 rings (SSSR count). The Morgan fingerprint density at radius 1 is 1.00 bits per heavy atom. The van der Waals surface area contributed by atoms with E-state index in [1.54, 1.807) is 0 Å². The molecule has 0 unspecified atom stereocenters. The van der Waals surface area contributed by atoms with Crippen molar-refractivity contribution in [3.63, 3.8) is 0 Å². The van der Waals surface area contributed by atoms with Gasteiger partial charge in [0, 0.05) is 18.0 Å². The number of methoxy groups -OCH3 is 1. The fourth-order valence-corrected chi connectivity index (χ4v) is 2.03. The van der Waals surface area contributed by atoms with Crippen LogP contribution in [-0.4, -0.2) is 23.0 Å². The highest BCUT2D eigenvalue weighted by atomic mass is 16.5. The molecule has 2 aromatic carbocycles. The molecule has 98 valence electrons. The van der Waals surface area contributed by atoms with E-state index in [1.165, 1.54) is 24.9 Å². The summed E-state index contributed by atoms with van der Waals surface area (Å²) in [5, 5.41) is 2.30. The monoisotopic (exact) mass is 264 g/mol. The van der Waals surface area contributed by atoms with Crippen LogP contribution < -0.4 is 0 Å². The Morgan fingerprint density at radius 3 is 2.40 bits per heavy atom. The molecular formula is C16H12N2O2. The van der Waals surface area contributed by atoms with Gasteiger partial charge in [-0.3, -0.25) is 0 Å². The van der Waals surface area contributed by atoms with E-state index in [2.05, 4.69) is 20.8 Å². The lowest BCUT2D eigenvalue weighted by Gasteiger charge is -2.03. The summed E-state index contributed by atoms with van der Waals surface area (Å²) in [4.78, 5) is 19.8. The minimum atomic E-state index is -0.435. The number of fused-ring (bicyclic) bond motifs is 1. The van der Waals surface area contributed by atoms with E-state index in [1.807, 2.05) is 36.4 Å². The lowest BCUT2D eigenvalue weighted by atomic mass is 10.1. The number of rotatable bonds is 2. The van der Waals surface area contributed by atoms with Gasteiger partial charge in [-0.15, -0.1) is 0 Å². The zero-order chi connectivity index (χ0) is 13.9. The third-order valence-electron chi connectivity index (χ3n) is 3.08. The fourth-order valence-electron chi connectivity index (χ4n) is 2.03. The van der Waals surface area contributed by atoms with Gasteiger partial charge >= 0.3 is 5.97 Å². The van der Waals surface area contributed by atoms with Crippen LogP contribution in [0.4, 0.5) is 0 Å². The maximum atomic E-state index is 11.3. The Bertz CT molecular complexity index is 767. The first kappa shape index (κ1) is 12.3. The highest BCUT2D eigenvalue weighted by Crippen LogP contribution is 2.21. The second-order valence-corrected chi connectivity index (χ2v) is 4.35. The summed E-state index contributed by atoms with van der Waals surface area (Å²) in [7, 11) is 1.33. The van der Waals surface area contributed by atoms with Crippen LogP contribution >= 0.6 is 0 Å². The zero-order valence-corrected chi connectivity index (χ0v) is 10.9. The average molecular weight is 264 g/mol. The molecule has 0 amide bonds. The minimum Gasteiger partial charge on any atom is -0.465 e. The maximum absolute atomic E-state index is 11.3. The third-order valence-corrected chi connectivity index (χ3v) is 3.08. The van der Waals surface area contributed by atoms with Gasteiger partial charge in [0.1, 0.15) is 0 Å². The maximum Gasteiger partial charge on any atom is 0.341 e. The van der Waals surface area contributed by atoms with Gasteiger partial charge in [-0.1, -0.05) is 36.4 Å². The van der Waals surface area contributed by atoms with Gasteiger partial charge in [-0.25, -0.2) is 14.8 Å². The summed E-state index contributed by atoms with van der Waals surface area (Å²) in [5.41, 5.74) is 1.26. The molecular weight excluding hydrogens is 252 g/mol. The van der Waals surface area contributed by atoms with Crippen molar-refractivity contribution in [2.24, 2.45) is 0 Å². The predicted octanol–water partition coefficient (Wildman–Crippen LogP) is 3.08. The van der Waals surface area contributed by atoms with Gasteiger partial charge in [0.15, 0.2) is 5.82 Å². The third kappa shape index (κ3) is 2.23. The number of aromatic nitrogens is 2. The molecule has 0 saturated carbocycles. The van der Waals surface area contributed by atoms with Crippen LogP contribution in [0.15, 0.2) is 54.9 Å². The number of hydrogen-bond donors (Lipinski definition) is 0. The van der Waals surface area contributed by atoms with Crippen molar-refractivity contribution in [1.29, 1.82) is 0 Å². The van der Waals surface area contributed by atoms with E-state index >= 15 is 0 Å². The largest absolute Gasteiger partial charge is 0.465 e. The summed E-state index contributed by atoms with van der Waals surface area (Å²) in [6, 6.07) is 14.1. The van der Waals surface area contributed by atoms with Crippen LogP contribution in [0.5, 0.6) is 0 Å². The first-order valence-electron chi connectivity index (χ1n) is 6.17. The summed E-state index contributed by atoms with van der Waals surface area (Å²) in [6.45, 7) is 0. The fraction of sp³-hybridized carbons (Fsp3) is 0.0625. The highest BCUT2D eigenvalue weighted by Gasteiger charge is 2.08. The van der Waals surface area contributed by atoms with Crippen LogP contribution in [0.3, 0.4) is 0 Å². The minimum absolute atomic E-state index is 0.344. The van der Waals surface area contributed by atoms with Crippen LogP contribution in [0.2, 0.25) is 0 Å². The molecule has 3 aromatic rings. The number of ether oxygens (including phenoxy) is 1. The van der Waals surface area contributed by atoms with Gasteiger partial charge in [0.2, 0.25) is 0 Å². The molecule has 0 bridgehead atoms. The van der Waals surface area contributed by atoms with E-state index in [0.717, 1.165) is 10.9 Å². The number of carbonyl (C=O) groups excluding carboxylic acids is 1. The van der Waals surface area contributed by atoms with Crippen LogP contribution in [0.25, 0.3) is 22.2 Å². The van der Waals surface area contributed by atoms with Crippen molar-refractivity contribution in [3.05, 3.63) is 60.4 Å². The molecule has 1 aromatic heterocycles. The second-order valence-electron chi connectivity index (χ2n) is 4.35. The molecule has 4 nitrogen and oxygen atoms in total. The number of benzene rings is 2. The molecule has 0 aliphatic rings. The van der Waals surface area contributed by atoms with Gasteiger partial charge in [-0.2, -0.15) is 0 Å². The highest BCUT2D eigenvalue weighted by molar-refractivity contribution is 5.89. The molecule has 1 heterocycles. The molecule has 0 radical (unpaired) electrons. The van der Waals surface area contributed by atoms with Gasteiger partial charge in [0.05, 0.1) is 12.7 Å². The smallest absolute Gasteiger partial charge is 0.341 e. The summed E-state index contributed by atoms with van der Waals surface area (Å²) < 4.78 is 4.62. The molecule has 4 heteroatoms. The Balaban J connectivity index is 2.00. The van der Waals surface area contributed by atoms with Crippen molar-refractivity contribution in [3.8, 4) is 11.4 Å². The first-order valence-corrected chi connectivity index (χ1v) is 6.17. The van der Waals surface area contributed by atoms with Gasteiger partial charge < -0.3 is 4.74 Å². The lowest BCUT2D eigenvalue weighted by molar-refractivity contribution is 0.0600. The molecule has 20 heavy (non-hydrogen) atoms. The topological polar surface area (TPSA) is 52.1 Å². The van der Waals surface area contributed by atoms with E-state index < -0.39 is 5.97 Å². The van der Waals surface area contributed by atoms with Crippen LogP contribution in [0.1, 0.15) is 10.4 Å². The number of hydrogen-bond acceptors (Lipinski definition) is 4. The molecule has 0 atom stereocenters. The second kappa shape index (κ2) is 5.09. The van der Waals surface area contributed by atoms with Gasteiger partial charge in [0.25, 0.3) is 0 Å². The SMILES string of the molecule is COC(=O)c1cnc(-c2ccc3ccccc3c2)nc1. The molecule has 0 aliphatic heterocycles. The quantitative estimate of drug-likeness (QED) is 0.667. The molecule has 0 fully saturated rings. The number of nitrogens with zero attached hydrogens (tertiary/aromatic N) is 2. The molecule has 0 saturated heterocycles.